The van der Waals surface area contributed by atoms with Crippen molar-refractivity contribution in [2.24, 2.45) is 0 Å². The number of thioether (sulfide) groups is 1. The maximum absolute atomic E-state index is 12.7. The SMILES string of the molecule is O=C1NC(=O)C(CSCc2ccccc2)(C(O)c2ccc(-c3ccccc3)cc2)N1. The quantitative estimate of drug-likeness (QED) is 0.509. The van der Waals surface area contributed by atoms with Gasteiger partial charge in [0.2, 0.25) is 0 Å². The van der Waals surface area contributed by atoms with Crippen molar-refractivity contribution >= 4 is 23.7 Å². The molecule has 1 aliphatic rings. The fourth-order valence-corrected chi connectivity index (χ4v) is 4.77. The van der Waals surface area contributed by atoms with Gasteiger partial charge in [-0.2, -0.15) is 11.8 Å². The molecular formula is C24H22N2O3S. The lowest BCUT2D eigenvalue weighted by Crippen LogP contribution is -2.54. The maximum atomic E-state index is 12.7. The van der Waals surface area contributed by atoms with E-state index in [1.165, 1.54) is 11.8 Å². The van der Waals surface area contributed by atoms with Gasteiger partial charge in [-0.25, -0.2) is 4.79 Å². The Hall–Kier alpha value is -3.09. The number of hydrogen-bond acceptors (Lipinski definition) is 4. The molecule has 5 nitrogen and oxygen atoms in total. The van der Waals surface area contributed by atoms with Gasteiger partial charge in [-0.15, -0.1) is 0 Å². The minimum absolute atomic E-state index is 0.251. The highest BCUT2D eigenvalue weighted by atomic mass is 32.2. The molecule has 0 bridgehead atoms. The van der Waals surface area contributed by atoms with E-state index in [4.69, 9.17) is 0 Å². The summed E-state index contributed by atoms with van der Waals surface area (Å²) in [7, 11) is 0. The van der Waals surface area contributed by atoms with Gasteiger partial charge in [0.05, 0.1) is 0 Å². The lowest BCUT2D eigenvalue weighted by atomic mass is 9.88. The summed E-state index contributed by atoms with van der Waals surface area (Å²) in [5, 5.41) is 16.1. The van der Waals surface area contributed by atoms with E-state index in [0.717, 1.165) is 16.7 Å². The van der Waals surface area contributed by atoms with Gasteiger partial charge in [0, 0.05) is 11.5 Å². The van der Waals surface area contributed by atoms with Crippen molar-refractivity contribution in [3.63, 3.8) is 0 Å². The van der Waals surface area contributed by atoms with Crippen LogP contribution in [-0.4, -0.2) is 28.3 Å². The van der Waals surface area contributed by atoms with Gasteiger partial charge in [-0.3, -0.25) is 10.1 Å². The highest BCUT2D eigenvalue weighted by molar-refractivity contribution is 7.98. The lowest BCUT2D eigenvalue weighted by molar-refractivity contribution is -0.127. The summed E-state index contributed by atoms with van der Waals surface area (Å²) >= 11 is 1.50. The molecule has 0 saturated carbocycles. The molecule has 3 N–H and O–H groups in total. The largest absolute Gasteiger partial charge is 0.385 e. The molecule has 1 fully saturated rings. The van der Waals surface area contributed by atoms with Crippen LogP contribution in [0.3, 0.4) is 0 Å². The summed E-state index contributed by atoms with van der Waals surface area (Å²) in [5.74, 6) is 0.416. The van der Waals surface area contributed by atoms with Gasteiger partial charge in [0.15, 0.2) is 5.54 Å². The van der Waals surface area contributed by atoms with Crippen LogP contribution in [0.2, 0.25) is 0 Å². The molecule has 30 heavy (non-hydrogen) atoms. The molecule has 6 heteroatoms. The van der Waals surface area contributed by atoms with Crippen molar-refractivity contribution in [3.8, 4) is 11.1 Å². The molecule has 0 radical (unpaired) electrons. The average Bonchev–Trinajstić information content (AvgIpc) is 3.08. The molecular weight excluding hydrogens is 396 g/mol. The van der Waals surface area contributed by atoms with Crippen molar-refractivity contribution in [3.05, 3.63) is 96.1 Å². The molecule has 3 aromatic rings. The minimum Gasteiger partial charge on any atom is -0.385 e. The van der Waals surface area contributed by atoms with Crippen molar-refractivity contribution in [2.45, 2.75) is 17.4 Å². The molecule has 4 rings (SSSR count). The van der Waals surface area contributed by atoms with Crippen LogP contribution in [0.15, 0.2) is 84.9 Å². The zero-order valence-corrected chi connectivity index (χ0v) is 17.1. The second kappa shape index (κ2) is 8.73. The van der Waals surface area contributed by atoms with Crippen LogP contribution in [0.25, 0.3) is 11.1 Å². The first-order valence-corrected chi connectivity index (χ1v) is 10.8. The van der Waals surface area contributed by atoms with Gasteiger partial charge in [-0.1, -0.05) is 84.9 Å². The van der Waals surface area contributed by atoms with Crippen LogP contribution in [0.5, 0.6) is 0 Å². The summed E-state index contributed by atoms with van der Waals surface area (Å²) in [4.78, 5) is 24.6. The summed E-state index contributed by atoms with van der Waals surface area (Å²) < 4.78 is 0. The zero-order valence-electron chi connectivity index (χ0n) is 16.2. The van der Waals surface area contributed by atoms with Crippen molar-refractivity contribution < 1.29 is 14.7 Å². The Morgan fingerprint density at radius 2 is 1.43 bits per heavy atom. The van der Waals surface area contributed by atoms with E-state index in [1.54, 1.807) is 12.1 Å². The number of urea groups is 1. The standard InChI is InChI=1S/C24H22N2O3S/c27-21(20-13-11-19(12-14-20)18-9-5-2-6-10-18)24(22(28)25-23(29)26-24)16-30-15-17-7-3-1-4-8-17/h1-14,21,27H,15-16H2,(H2,25,26,28,29). The van der Waals surface area contributed by atoms with E-state index in [2.05, 4.69) is 10.6 Å². The zero-order chi connectivity index (χ0) is 21.0. The Bertz CT molecular complexity index is 1030. The predicted octanol–water partition coefficient (Wildman–Crippen LogP) is 3.90. The summed E-state index contributed by atoms with van der Waals surface area (Å²) in [5.41, 5.74) is 2.36. The first-order chi connectivity index (χ1) is 14.6. The molecule has 2 atom stereocenters. The molecule has 0 spiro atoms. The van der Waals surface area contributed by atoms with Crippen LogP contribution in [0.4, 0.5) is 4.79 Å². The predicted molar refractivity (Wildman–Crippen MR) is 119 cm³/mol. The highest BCUT2D eigenvalue weighted by Crippen LogP contribution is 2.34. The molecule has 0 aliphatic carbocycles. The first kappa shape index (κ1) is 20.2. The smallest absolute Gasteiger partial charge is 0.322 e. The van der Waals surface area contributed by atoms with Crippen LogP contribution >= 0.6 is 11.8 Å². The minimum atomic E-state index is -1.41. The Morgan fingerprint density at radius 1 is 0.833 bits per heavy atom. The highest BCUT2D eigenvalue weighted by Gasteiger charge is 2.52. The number of rotatable bonds is 7. The molecule has 1 aliphatic heterocycles. The third-order valence-corrected chi connectivity index (χ3v) is 6.41. The van der Waals surface area contributed by atoms with Crippen LogP contribution in [0.1, 0.15) is 17.2 Å². The number of amides is 3. The van der Waals surface area contributed by atoms with Crippen molar-refractivity contribution in [1.29, 1.82) is 0 Å². The second-order valence-corrected chi connectivity index (χ2v) is 8.23. The maximum Gasteiger partial charge on any atom is 0.322 e. The number of benzene rings is 3. The van der Waals surface area contributed by atoms with Gasteiger partial charge in [0.1, 0.15) is 6.10 Å². The van der Waals surface area contributed by atoms with Crippen LogP contribution in [-0.2, 0) is 10.5 Å². The summed E-state index contributed by atoms with van der Waals surface area (Å²) in [6.45, 7) is 0. The number of carbonyl (C=O) groups excluding carboxylic acids is 2. The van der Waals surface area contributed by atoms with Gasteiger partial charge in [0.25, 0.3) is 5.91 Å². The average molecular weight is 419 g/mol. The fraction of sp³-hybridized carbons (Fsp3) is 0.167. The monoisotopic (exact) mass is 418 g/mol. The van der Waals surface area contributed by atoms with Gasteiger partial charge < -0.3 is 10.4 Å². The second-order valence-electron chi connectivity index (χ2n) is 7.25. The van der Waals surface area contributed by atoms with E-state index in [9.17, 15) is 14.7 Å². The van der Waals surface area contributed by atoms with Crippen LogP contribution < -0.4 is 10.6 Å². The van der Waals surface area contributed by atoms with E-state index in [-0.39, 0.29) is 5.75 Å². The Balaban J connectivity index is 1.54. The normalized spacial score (nSPS) is 19.2. The third kappa shape index (κ3) is 4.10. The Morgan fingerprint density at radius 3 is 2.03 bits per heavy atom. The number of hydrogen-bond donors (Lipinski definition) is 3. The van der Waals surface area contributed by atoms with E-state index in [0.29, 0.717) is 11.3 Å². The number of aliphatic hydroxyl groups is 1. The molecule has 1 heterocycles. The molecule has 1 saturated heterocycles. The molecule has 152 valence electrons. The number of carbonyl (C=O) groups is 2. The molecule has 3 amide bonds. The van der Waals surface area contributed by atoms with E-state index >= 15 is 0 Å². The Labute approximate surface area is 179 Å². The number of aliphatic hydroxyl groups excluding tert-OH is 1. The van der Waals surface area contributed by atoms with E-state index < -0.39 is 23.6 Å². The third-order valence-electron chi connectivity index (χ3n) is 5.21. The van der Waals surface area contributed by atoms with Gasteiger partial charge >= 0.3 is 6.03 Å². The van der Waals surface area contributed by atoms with Crippen molar-refractivity contribution in [2.75, 3.05) is 5.75 Å². The van der Waals surface area contributed by atoms with E-state index in [1.807, 2.05) is 72.8 Å². The van der Waals surface area contributed by atoms with Crippen molar-refractivity contribution in [1.82, 2.24) is 10.6 Å². The summed E-state index contributed by atoms with van der Waals surface area (Å²) in [6.07, 6.45) is -1.17. The molecule has 2 unspecified atom stereocenters. The lowest BCUT2D eigenvalue weighted by Gasteiger charge is -2.31. The molecule has 0 aromatic heterocycles. The Kier molecular flexibility index (Phi) is 5.88. The number of nitrogens with one attached hydrogen (secondary N) is 2. The fourth-order valence-electron chi connectivity index (χ4n) is 3.56. The topological polar surface area (TPSA) is 78.4 Å². The number of imide groups is 1. The van der Waals surface area contributed by atoms with Gasteiger partial charge in [-0.05, 0) is 22.3 Å². The first-order valence-electron chi connectivity index (χ1n) is 9.67. The van der Waals surface area contributed by atoms with Crippen LogP contribution in [0, 0.1) is 0 Å². The summed E-state index contributed by atoms with van der Waals surface area (Å²) in [6, 6.07) is 26.6. The molecule has 3 aromatic carbocycles.